The molecule has 0 fully saturated rings. The van der Waals surface area contributed by atoms with Crippen molar-refractivity contribution >= 4 is 38.2 Å². The van der Waals surface area contributed by atoms with Gasteiger partial charge in [0.15, 0.2) is 0 Å². The van der Waals surface area contributed by atoms with Gasteiger partial charge in [0, 0.05) is 0 Å². The second kappa shape index (κ2) is 4.40. The summed E-state index contributed by atoms with van der Waals surface area (Å²) in [5.74, 6) is -0.795. The van der Waals surface area contributed by atoms with Crippen LogP contribution in [0.25, 0.3) is 0 Å². The van der Waals surface area contributed by atoms with Gasteiger partial charge in [-0.05, 0) is 16.7 Å². The Morgan fingerprint density at radius 1 is 1.88 bits per heavy atom. The van der Waals surface area contributed by atoms with E-state index in [2.05, 4.69) is 11.7 Å². The lowest BCUT2D eigenvalue weighted by molar-refractivity contribution is -0.136. The lowest BCUT2D eigenvalue weighted by Gasteiger charge is -1.98. The molecule has 0 rings (SSSR count). The van der Waals surface area contributed by atoms with Crippen molar-refractivity contribution in [2.24, 2.45) is 0 Å². The summed E-state index contributed by atoms with van der Waals surface area (Å²) in [6.45, 7) is 1.62. The zero-order valence-corrected chi connectivity index (χ0v) is 6.72. The van der Waals surface area contributed by atoms with Crippen molar-refractivity contribution in [3.63, 3.8) is 0 Å². The Bertz CT molecular complexity index is 84.6. The predicted octanol–water partition coefficient (Wildman–Crippen LogP) is 1.69. The Morgan fingerprint density at radius 3 is 2.50 bits per heavy atom. The largest absolute Gasteiger partial charge is 0.480 e. The van der Waals surface area contributed by atoms with Gasteiger partial charge in [0.05, 0.1) is 0 Å². The van der Waals surface area contributed by atoms with E-state index in [0.29, 0.717) is 0 Å². The minimum atomic E-state index is -0.795. The molecule has 0 aromatic carbocycles. The smallest absolute Gasteiger partial charge is 0.317 e. The molecule has 0 heterocycles. The molecule has 0 aliphatic heterocycles. The van der Waals surface area contributed by atoms with Gasteiger partial charge in [0.1, 0.15) is 5.25 Å². The van der Waals surface area contributed by atoms with Crippen LogP contribution in [0.2, 0.25) is 0 Å². The average Bonchev–Trinajstić information content (AvgIpc) is 1.67. The molecule has 0 radical (unpaired) electrons. The summed E-state index contributed by atoms with van der Waals surface area (Å²) in [5, 5.41) is 7.88. The molecule has 0 aliphatic carbocycles. The van der Waals surface area contributed by atoms with Crippen LogP contribution in [0.3, 0.4) is 0 Å². The van der Waals surface area contributed by atoms with E-state index >= 15 is 0 Å². The number of carboxylic acids is 1. The van der Waals surface area contributed by atoms with Crippen molar-refractivity contribution in [1.29, 1.82) is 0 Å². The fourth-order valence-electron chi connectivity index (χ4n) is 0.106. The normalized spacial score (nSPS) is 13.2. The fraction of sp³-hybridized carbons (Fsp3) is 0.667. The third-order valence-corrected chi connectivity index (χ3v) is 3.01. The highest BCUT2D eigenvalue weighted by molar-refractivity contribution is 9.05. The number of carbonyl (C=O) groups is 1. The molecule has 1 N–H and O–H groups in total. The Balaban J connectivity index is 3.32. The second-order valence-electron chi connectivity index (χ2n) is 1.15. The van der Waals surface area contributed by atoms with Crippen molar-refractivity contribution < 1.29 is 9.90 Å². The number of hydrogen-bond donors (Lipinski definition) is 2. The zero-order valence-electron chi connectivity index (χ0n) is 4.20. The molecule has 1 unspecified atom stereocenters. The first-order valence-corrected chi connectivity index (χ1v) is 5.14. The first-order valence-electron chi connectivity index (χ1n) is 1.88. The van der Waals surface area contributed by atoms with Crippen molar-refractivity contribution in [3.05, 3.63) is 0 Å². The summed E-state index contributed by atoms with van der Waals surface area (Å²) in [4.78, 5) is 10.0. The molecule has 0 bridgehead atoms. The van der Waals surface area contributed by atoms with Crippen LogP contribution < -0.4 is 0 Å². The van der Waals surface area contributed by atoms with Gasteiger partial charge in [0.25, 0.3) is 0 Å². The van der Waals surface area contributed by atoms with Gasteiger partial charge in [-0.15, -0.1) is 0 Å². The standard InChI is InChI=1S/C3H6O2S3/c1-2(3(4)5)7-8-6/h2,6H,1H3,(H,4,5). The van der Waals surface area contributed by atoms with E-state index in [1.807, 2.05) is 0 Å². The van der Waals surface area contributed by atoms with E-state index in [0.717, 1.165) is 0 Å². The lowest BCUT2D eigenvalue weighted by Crippen LogP contribution is -2.09. The van der Waals surface area contributed by atoms with Gasteiger partial charge >= 0.3 is 5.97 Å². The van der Waals surface area contributed by atoms with Gasteiger partial charge in [-0.25, -0.2) is 0 Å². The highest BCUT2D eigenvalue weighted by Gasteiger charge is 2.09. The first kappa shape index (κ1) is 8.52. The van der Waals surface area contributed by atoms with Crippen LogP contribution in [0, 0.1) is 0 Å². The number of thiol groups is 1. The molecule has 0 aliphatic rings. The molecule has 2 nitrogen and oxygen atoms in total. The molecule has 48 valence electrons. The topological polar surface area (TPSA) is 37.3 Å². The Morgan fingerprint density at radius 2 is 2.38 bits per heavy atom. The van der Waals surface area contributed by atoms with Crippen LogP contribution in [0.15, 0.2) is 0 Å². The monoisotopic (exact) mass is 170 g/mol. The van der Waals surface area contributed by atoms with Crippen LogP contribution in [-0.4, -0.2) is 16.3 Å². The predicted molar refractivity (Wildman–Crippen MR) is 41.3 cm³/mol. The molecular formula is C3H6O2S3. The van der Waals surface area contributed by atoms with Crippen LogP contribution in [0.5, 0.6) is 0 Å². The number of carboxylic acid groups (broad SMARTS) is 1. The highest BCUT2D eigenvalue weighted by Crippen LogP contribution is 2.29. The average molecular weight is 170 g/mol. The maximum absolute atomic E-state index is 10.0. The van der Waals surface area contributed by atoms with Gasteiger partial charge in [-0.2, -0.15) is 0 Å². The van der Waals surface area contributed by atoms with Crippen LogP contribution in [-0.2, 0) is 4.79 Å². The SMILES string of the molecule is CC(SSS)C(=O)O. The molecule has 5 heteroatoms. The summed E-state index contributed by atoms with van der Waals surface area (Å²) in [7, 11) is 2.39. The maximum Gasteiger partial charge on any atom is 0.317 e. The Kier molecular flexibility index (Phi) is 4.69. The molecule has 0 saturated carbocycles. The van der Waals surface area contributed by atoms with Crippen molar-refractivity contribution in [3.8, 4) is 0 Å². The van der Waals surface area contributed by atoms with Gasteiger partial charge in [-0.3, -0.25) is 4.79 Å². The zero-order chi connectivity index (χ0) is 6.57. The maximum atomic E-state index is 10.0. The van der Waals surface area contributed by atoms with Crippen molar-refractivity contribution in [2.75, 3.05) is 0 Å². The molecule has 0 saturated heterocycles. The van der Waals surface area contributed by atoms with E-state index in [9.17, 15) is 4.79 Å². The van der Waals surface area contributed by atoms with Crippen LogP contribution >= 0.6 is 32.3 Å². The third kappa shape index (κ3) is 3.51. The van der Waals surface area contributed by atoms with Gasteiger partial charge in [-0.1, -0.05) is 22.5 Å². The first-order chi connectivity index (χ1) is 3.68. The van der Waals surface area contributed by atoms with E-state index < -0.39 is 5.97 Å². The fourth-order valence-corrected chi connectivity index (χ4v) is 2.11. The number of rotatable bonds is 3. The molecule has 8 heavy (non-hydrogen) atoms. The van der Waals surface area contributed by atoms with E-state index in [-0.39, 0.29) is 5.25 Å². The quantitative estimate of drug-likeness (QED) is 0.499. The summed E-state index contributed by atoms with van der Waals surface area (Å²) in [6.07, 6.45) is 0. The third-order valence-electron chi connectivity index (χ3n) is 0.535. The number of aliphatic carboxylic acids is 1. The Labute approximate surface area is 60.6 Å². The molecule has 0 amide bonds. The summed E-state index contributed by atoms with van der Waals surface area (Å²) < 4.78 is 0. The summed E-state index contributed by atoms with van der Waals surface area (Å²) in [5.41, 5.74) is 0. The summed E-state index contributed by atoms with van der Waals surface area (Å²) >= 11 is 3.77. The minimum Gasteiger partial charge on any atom is -0.480 e. The Hall–Kier alpha value is 0.520. The second-order valence-corrected chi connectivity index (χ2v) is 4.57. The molecule has 1 atom stereocenters. The van der Waals surface area contributed by atoms with E-state index in [1.54, 1.807) is 6.92 Å². The van der Waals surface area contributed by atoms with Crippen LogP contribution in [0.1, 0.15) is 6.92 Å². The molecular weight excluding hydrogens is 164 g/mol. The van der Waals surface area contributed by atoms with Crippen molar-refractivity contribution in [2.45, 2.75) is 12.2 Å². The molecule has 0 aromatic heterocycles. The minimum absolute atomic E-state index is 0.363. The summed E-state index contributed by atoms with van der Waals surface area (Å²) in [6, 6.07) is 0. The lowest BCUT2D eigenvalue weighted by atomic mass is 10.5. The van der Waals surface area contributed by atoms with E-state index in [4.69, 9.17) is 5.11 Å². The molecule has 0 spiro atoms. The number of hydrogen-bond acceptors (Lipinski definition) is 4. The van der Waals surface area contributed by atoms with E-state index in [1.165, 1.54) is 20.6 Å². The van der Waals surface area contributed by atoms with Crippen molar-refractivity contribution in [1.82, 2.24) is 0 Å². The van der Waals surface area contributed by atoms with Gasteiger partial charge in [0.2, 0.25) is 0 Å². The highest BCUT2D eigenvalue weighted by atomic mass is 33.5. The van der Waals surface area contributed by atoms with Crippen LogP contribution in [0.4, 0.5) is 0 Å². The molecule has 0 aromatic rings. The van der Waals surface area contributed by atoms with Gasteiger partial charge < -0.3 is 5.11 Å².